The average molecular weight is 347 g/mol. The largest absolute Gasteiger partial charge is 0.337 e. The van der Waals surface area contributed by atoms with Crippen LogP contribution in [-0.2, 0) is 0 Å². The van der Waals surface area contributed by atoms with E-state index in [2.05, 4.69) is 0 Å². The smallest absolute Gasteiger partial charge is 0.273 e. The topological polar surface area (TPSA) is 33.2 Å². The van der Waals surface area contributed by atoms with Crippen molar-refractivity contribution in [1.29, 1.82) is 0 Å². The van der Waals surface area contributed by atoms with E-state index in [1.54, 1.807) is 11.3 Å². The summed E-state index contributed by atoms with van der Waals surface area (Å²) in [6, 6.07) is 7.74. The van der Waals surface area contributed by atoms with Crippen molar-refractivity contribution in [2.24, 2.45) is 0 Å². The molecule has 2 aromatic rings. The minimum atomic E-state index is 0.0859. The van der Waals surface area contributed by atoms with E-state index in [1.807, 2.05) is 29.2 Å². The Bertz CT molecular complexity index is 732. The lowest BCUT2D eigenvalue weighted by Gasteiger charge is -2.26. The molecule has 1 aliphatic heterocycles. The molecule has 4 rings (SSSR count). The normalized spacial score (nSPS) is 18.2. The maximum atomic E-state index is 13.0. The van der Waals surface area contributed by atoms with Crippen molar-refractivity contribution >= 4 is 28.8 Å². The third-order valence-corrected chi connectivity index (χ3v) is 6.00. The van der Waals surface area contributed by atoms with Crippen molar-refractivity contribution in [3.05, 3.63) is 40.0 Å². The summed E-state index contributed by atoms with van der Waals surface area (Å²) in [6.45, 7) is 1.70. The number of hydrogen-bond acceptors (Lipinski definition) is 3. The molecule has 0 unspecified atom stereocenters. The predicted molar refractivity (Wildman–Crippen MR) is 94.3 cm³/mol. The first-order valence-corrected chi connectivity index (χ1v) is 9.48. The number of hydrogen-bond donors (Lipinski definition) is 0. The maximum Gasteiger partial charge on any atom is 0.273 e. The van der Waals surface area contributed by atoms with Crippen molar-refractivity contribution in [1.82, 2.24) is 9.88 Å². The summed E-state index contributed by atoms with van der Waals surface area (Å²) in [5.41, 5.74) is 1.63. The van der Waals surface area contributed by atoms with Crippen LogP contribution in [-0.4, -0.2) is 28.9 Å². The molecule has 0 spiro atoms. The molecule has 2 fully saturated rings. The first-order chi connectivity index (χ1) is 11.2. The average Bonchev–Trinajstić information content (AvgIpc) is 3.34. The van der Waals surface area contributed by atoms with E-state index in [1.165, 1.54) is 19.3 Å². The fourth-order valence-corrected chi connectivity index (χ4v) is 4.47. The number of nitrogens with zero attached hydrogens (tertiary/aromatic N) is 2. The van der Waals surface area contributed by atoms with Gasteiger partial charge in [0.15, 0.2) is 0 Å². The highest BCUT2D eigenvalue weighted by atomic mass is 35.5. The highest BCUT2D eigenvalue weighted by Gasteiger charge is 2.31. The van der Waals surface area contributed by atoms with Gasteiger partial charge in [0, 0.05) is 24.0 Å². The molecular weight excluding hydrogens is 328 g/mol. The van der Waals surface area contributed by atoms with Crippen LogP contribution in [0, 0.1) is 0 Å². The van der Waals surface area contributed by atoms with Crippen LogP contribution < -0.4 is 0 Å². The standard InChI is InChI=1S/C18H19ClN2OS/c19-14-6-4-5-13(11-14)16-15(20-17(23-16)12-7-8-12)18(22)21-9-2-1-3-10-21/h4-6,11-12H,1-3,7-10H2. The molecule has 1 saturated carbocycles. The highest BCUT2D eigenvalue weighted by Crippen LogP contribution is 2.45. The van der Waals surface area contributed by atoms with E-state index in [0.29, 0.717) is 16.6 Å². The lowest BCUT2D eigenvalue weighted by molar-refractivity contribution is 0.0720. The minimum absolute atomic E-state index is 0.0859. The van der Waals surface area contributed by atoms with Crippen LogP contribution in [0.15, 0.2) is 24.3 Å². The summed E-state index contributed by atoms with van der Waals surface area (Å²) in [5.74, 6) is 0.642. The fraction of sp³-hybridized carbons (Fsp3) is 0.444. The van der Waals surface area contributed by atoms with Gasteiger partial charge in [0.25, 0.3) is 5.91 Å². The molecule has 23 heavy (non-hydrogen) atoms. The Hall–Kier alpha value is -1.39. The van der Waals surface area contributed by atoms with Crippen LogP contribution in [0.1, 0.15) is 53.5 Å². The monoisotopic (exact) mass is 346 g/mol. The second kappa shape index (κ2) is 6.25. The van der Waals surface area contributed by atoms with Gasteiger partial charge in [-0.25, -0.2) is 4.98 Å². The van der Waals surface area contributed by atoms with Gasteiger partial charge in [0.2, 0.25) is 0 Å². The highest BCUT2D eigenvalue weighted by molar-refractivity contribution is 7.15. The zero-order valence-corrected chi connectivity index (χ0v) is 14.5. The van der Waals surface area contributed by atoms with Crippen molar-refractivity contribution in [3.8, 4) is 10.4 Å². The van der Waals surface area contributed by atoms with E-state index in [4.69, 9.17) is 16.6 Å². The predicted octanol–water partition coefficient (Wildman–Crippen LogP) is 4.97. The number of carbonyl (C=O) groups is 1. The Balaban J connectivity index is 1.73. The van der Waals surface area contributed by atoms with Crippen LogP contribution in [0.25, 0.3) is 10.4 Å². The zero-order valence-electron chi connectivity index (χ0n) is 12.9. The third-order valence-electron chi connectivity index (χ3n) is 4.50. The van der Waals surface area contributed by atoms with E-state index in [0.717, 1.165) is 41.4 Å². The van der Waals surface area contributed by atoms with Crippen LogP contribution in [0.2, 0.25) is 5.02 Å². The molecule has 0 atom stereocenters. The number of halogens is 1. The van der Waals surface area contributed by atoms with Gasteiger partial charge in [-0.05, 0) is 49.8 Å². The van der Waals surface area contributed by atoms with Crippen molar-refractivity contribution in [2.75, 3.05) is 13.1 Å². The first kappa shape index (κ1) is 15.2. The summed E-state index contributed by atoms with van der Waals surface area (Å²) >= 11 is 7.81. The van der Waals surface area contributed by atoms with Gasteiger partial charge in [-0.3, -0.25) is 4.79 Å². The van der Waals surface area contributed by atoms with Gasteiger partial charge < -0.3 is 4.90 Å². The molecule has 2 aliphatic rings. The molecule has 1 aromatic heterocycles. The molecule has 1 amide bonds. The summed E-state index contributed by atoms with van der Waals surface area (Å²) in [6.07, 6.45) is 5.80. The number of thiazole rings is 1. The number of piperidine rings is 1. The minimum Gasteiger partial charge on any atom is -0.337 e. The van der Waals surface area contributed by atoms with Gasteiger partial charge in [0.05, 0.1) is 9.88 Å². The SMILES string of the molecule is O=C(c1nc(C2CC2)sc1-c1cccc(Cl)c1)N1CCCCC1. The molecule has 2 heterocycles. The molecular formula is C18H19ClN2OS. The molecule has 120 valence electrons. The maximum absolute atomic E-state index is 13.0. The molecule has 1 aromatic carbocycles. The Morgan fingerprint density at radius 2 is 2.00 bits per heavy atom. The number of rotatable bonds is 3. The third kappa shape index (κ3) is 3.15. The number of carbonyl (C=O) groups excluding carboxylic acids is 1. The van der Waals surface area contributed by atoms with Crippen LogP contribution in [0.3, 0.4) is 0 Å². The number of aromatic nitrogens is 1. The number of amides is 1. The second-order valence-electron chi connectivity index (χ2n) is 6.37. The lowest BCUT2D eigenvalue weighted by atomic mass is 10.1. The molecule has 3 nitrogen and oxygen atoms in total. The van der Waals surface area contributed by atoms with Crippen LogP contribution in [0.4, 0.5) is 0 Å². The zero-order chi connectivity index (χ0) is 15.8. The van der Waals surface area contributed by atoms with E-state index in [9.17, 15) is 4.79 Å². The Morgan fingerprint density at radius 3 is 2.70 bits per heavy atom. The second-order valence-corrected chi connectivity index (χ2v) is 7.83. The van der Waals surface area contributed by atoms with E-state index in [-0.39, 0.29) is 5.91 Å². The molecule has 1 saturated heterocycles. The molecule has 0 N–H and O–H groups in total. The lowest BCUT2D eigenvalue weighted by Crippen LogP contribution is -2.36. The molecule has 0 bridgehead atoms. The summed E-state index contributed by atoms with van der Waals surface area (Å²) in [4.78, 5) is 20.6. The Kier molecular flexibility index (Phi) is 4.12. The fourth-order valence-electron chi connectivity index (χ4n) is 3.06. The van der Waals surface area contributed by atoms with Crippen molar-refractivity contribution in [2.45, 2.75) is 38.0 Å². The van der Waals surface area contributed by atoms with Crippen LogP contribution in [0.5, 0.6) is 0 Å². The van der Waals surface area contributed by atoms with Gasteiger partial charge in [-0.15, -0.1) is 11.3 Å². The van der Waals surface area contributed by atoms with E-state index < -0.39 is 0 Å². The summed E-state index contributed by atoms with van der Waals surface area (Å²) in [5, 5.41) is 1.81. The first-order valence-electron chi connectivity index (χ1n) is 8.28. The van der Waals surface area contributed by atoms with Crippen LogP contribution >= 0.6 is 22.9 Å². The number of likely N-dealkylation sites (tertiary alicyclic amines) is 1. The van der Waals surface area contributed by atoms with Gasteiger partial charge in [-0.1, -0.05) is 23.7 Å². The van der Waals surface area contributed by atoms with Crippen molar-refractivity contribution < 1.29 is 4.79 Å². The molecule has 1 aliphatic carbocycles. The molecule has 0 radical (unpaired) electrons. The Morgan fingerprint density at radius 1 is 1.22 bits per heavy atom. The molecule has 5 heteroatoms. The quantitative estimate of drug-likeness (QED) is 0.786. The van der Waals surface area contributed by atoms with Gasteiger partial charge >= 0.3 is 0 Å². The number of benzene rings is 1. The summed E-state index contributed by atoms with van der Waals surface area (Å²) in [7, 11) is 0. The summed E-state index contributed by atoms with van der Waals surface area (Å²) < 4.78 is 0. The Labute approximate surface area is 145 Å². The van der Waals surface area contributed by atoms with Gasteiger partial charge in [0.1, 0.15) is 5.69 Å². The van der Waals surface area contributed by atoms with Crippen molar-refractivity contribution in [3.63, 3.8) is 0 Å². The van der Waals surface area contributed by atoms with Gasteiger partial charge in [-0.2, -0.15) is 0 Å². The van der Waals surface area contributed by atoms with E-state index >= 15 is 0 Å².